The Morgan fingerprint density at radius 3 is 2.39 bits per heavy atom. The van der Waals surface area contributed by atoms with Crippen molar-refractivity contribution in [3.05, 3.63) is 71.5 Å². The number of nitrogens with two attached hydrogens (primary N) is 1. The van der Waals surface area contributed by atoms with Crippen LogP contribution in [0.25, 0.3) is 0 Å². The number of rotatable bonds is 7. The van der Waals surface area contributed by atoms with E-state index in [0.29, 0.717) is 22.7 Å². The molecule has 33 heavy (non-hydrogen) atoms. The second kappa shape index (κ2) is 10.0. The summed E-state index contributed by atoms with van der Waals surface area (Å²) in [6.07, 6.45) is -1.12. The van der Waals surface area contributed by atoms with Gasteiger partial charge in [-0.3, -0.25) is 9.78 Å². The zero-order valence-electron chi connectivity index (χ0n) is 16.9. The van der Waals surface area contributed by atoms with Crippen LogP contribution in [0.3, 0.4) is 0 Å². The Morgan fingerprint density at radius 1 is 1.12 bits per heavy atom. The molecule has 0 saturated heterocycles. The third-order valence-electron chi connectivity index (χ3n) is 4.25. The lowest BCUT2D eigenvalue weighted by atomic mass is 10.2. The molecule has 0 atom stereocenters. The average Bonchev–Trinajstić information content (AvgIpc) is 2.78. The monoisotopic (exact) mass is 496 g/mol. The van der Waals surface area contributed by atoms with Crippen LogP contribution >= 0.6 is 23.5 Å². The first kappa shape index (κ1) is 24.2. The van der Waals surface area contributed by atoms with E-state index in [1.807, 2.05) is 0 Å². The summed E-state index contributed by atoms with van der Waals surface area (Å²) >= 11 is 6.43. The Labute approximate surface area is 196 Å². The highest BCUT2D eigenvalue weighted by Gasteiger charge is 2.34. The van der Waals surface area contributed by atoms with Crippen molar-refractivity contribution in [3.63, 3.8) is 0 Å². The second-order valence-electron chi connectivity index (χ2n) is 6.52. The molecule has 2 N–H and O–H groups in total. The maximum Gasteiger partial charge on any atom is 0.417 e. The molecule has 7 nitrogen and oxygen atoms in total. The number of ether oxygens (including phenoxy) is 1. The van der Waals surface area contributed by atoms with Crippen LogP contribution in [-0.4, -0.2) is 24.5 Å². The molecule has 3 rings (SSSR count). The number of pyridine rings is 1. The van der Waals surface area contributed by atoms with Gasteiger partial charge >= 0.3 is 12.2 Å². The molecule has 0 radical (unpaired) electrons. The highest BCUT2D eigenvalue weighted by atomic mass is 35.5. The number of nitrogens with zero attached hydrogens (tertiary/aromatic N) is 3. The van der Waals surface area contributed by atoms with Crippen molar-refractivity contribution in [3.8, 4) is 11.5 Å². The van der Waals surface area contributed by atoms with Crippen molar-refractivity contribution in [2.45, 2.75) is 11.1 Å². The van der Waals surface area contributed by atoms with E-state index >= 15 is 0 Å². The van der Waals surface area contributed by atoms with E-state index in [0.717, 1.165) is 28.4 Å². The molecule has 3 aromatic rings. The van der Waals surface area contributed by atoms with Crippen LogP contribution in [0.5, 0.6) is 11.5 Å². The quantitative estimate of drug-likeness (QED) is 0.333. The van der Waals surface area contributed by atoms with Crippen LogP contribution in [0.4, 0.5) is 29.3 Å². The summed E-state index contributed by atoms with van der Waals surface area (Å²) in [7, 11) is 1.54. The molecule has 2 aromatic carbocycles. The number of amides is 3. The topological polar surface area (TPSA) is 88.8 Å². The number of hydrogen-bond donors (Lipinski definition) is 1. The molecule has 0 unspecified atom stereocenters. The van der Waals surface area contributed by atoms with Crippen LogP contribution in [0, 0.1) is 0 Å². The maximum atomic E-state index is 13.3. The largest absolute Gasteiger partial charge is 0.456 e. The normalized spacial score (nSPS) is 11.1. The number of alkyl halides is 3. The average molecular weight is 497 g/mol. The maximum absolute atomic E-state index is 13.3. The highest BCUT2D eigenvalue weighted by Crippen LogP contribution is 2.42. The minimum atomic E-state index is -4.72. The van der Waals surface area contributed by atoms with E-state index in [1.54, 1.807) is 30.3 Å². The summed E-state index contributed by atoms with van der Waals surface area (Å²) in [5.74, 6) is 0.642. The zero-order chi connectivity index (χ0) is 24.2. The fraction of sp³-hybridized carbons (Fsp3) is 0.0952. The highest BCUT2D eigenvalue weighted by molar-refractivity contribution is 8.01. The third kappa shape index (κ3) is 5.88. The van der Waals surface area contributed by atoms with Gasteiger partial charge in [-0.15, -0.1) is 0 Å². The number of primary amides is 1. The van der Waals surface area contributed by atoms with Crippen molar-refractivity contribution in [2.24, 2.45) is 5.73 Å². The third-order valence-corrected chi connectivity index (χ3v) is 5.69. The van der Waals surface area contributed by atoms with E-state index in [4.69, 9.17) is 22.1 Å². The fourth-order valence-corrected chi connectivity index (χ4v) is 3.70. The first-order chi connectivity index (χ1) is 15.6. The van der Waals surface area contributed by atoms with Gasteiger partial charge in [0.1, 0.15) is 11.5 Å². The van der Waals surface area contributed by atoms with Gasteiger partial charge in [0.25, 0.3) is 0 Å². The Morgan fingerprint density at radius 2 is 1.79 bits per heavy atom. The van der Waals surface area contributed by atoms with Crippen LogP contribution in [0.1, 0.15) is 5.56 Å². The summed E-state index contributed by atoms with van der Waals surface area (Å²) in [5, 5.41) is -0.511. The van der Waals surface area contributed by atoms with Crippen LogP contribution < -0.4 is 19.7 Å². The molecule has 172 valence electrons. The fourth-order valence-electron chi connectivity index (χ4n) is 2.65. The van der Waals surface area contributed by atoms with Gasteiger partial charge in [-0.05, 0) is 42.5 Å². The van der Waals surface area contributed by atoms with Gasteiger partial charge in [0.05, 0.1) is 21.2 Å². The van der Waals surface area contributed by atoms with Gasteiger partial charge in [0, 0.05) is 43.1 Å². The number of carbonyl (C=O) groups excluding carboxylic acids is 2. The van der Waals surface area contributed by atoms with Gasteiger partial charge in [-0.25, -0.2) is 9.10 Å². The summed E-state index contributed by atoms with van der Waals surface area (Å²) in [4.78, 5) is 28.9. The van der Waals surface area contributed by atoms with Crippen molar-refractivity contribution < 1.29 is 27.5 Å². The number of benzene rings is 2. The van der Waals surface area contributed by atoms with Crippen molar-refractivity contribution in [1.29, 1.82) is 0 Å². The molecule has 0 bridgehead atoms. The zero-order valence-corrected chi connectivity index (χ0v) is 18.5. The summed E-state index contributed by atoms with van der Waals surface area (Å²) in [5.41, 5.74) is 4.71. The first-order valence-corrected chi connectivity index (χ1v) is 10.3. The Kier molecular flexibility index (Phi) is 7.34. The number of urea groups is 1. The Hall–Kier alpha value is -3.44. The molecule has 12 heteroatoms. The van der Waals surface area contributed by atoms with Gasteiger partial charge in [0.15, 0.2) is 0 Å². The molecule has 0 fully saturated rings. The number of anilines is 2. The molecule has 0 aliphatic rings. The van der Waals surface area contributed by atoms with E-state index in [9.17, 15) is 22.8 Å². The van der Waals surface area contributed by atoms with E-state index < -0.39 is 22.8 Å². The second-order valence-corrected chi connectivity index (χ2v) is 7.91. The van der Waals surface area contributed by atoms with Crippen molar-refractivity contribution in [2.75, 3.05) is 16.3 Å². The van der Waals surface area contributed by atoms with Gasteiger partial charge in [0.2, 0.25) is 6.41 Å². The SMILES string of the molecule is CN(C=O)c1ccc(SN(C(N)=O)c2ccc(Cl)c(C(F)(F)F)c2)c(Oc2ccncc2)c1. The lowest BCUT2D eigenvalue weighted by Gasteiger charge is -2.22. The summed E-state index contributed by atoms with van der Waals surface area (Å²) in [6.45, 7) is 0. The molecule has 1 heterocycles. The molecule has 3 amide bonds. The number of carbonyl (C=O) groups is 2. The van der Waals surface area contributed by atoms with Crippen LogP contribution in [0.2, 0.25) is 5.02 Å². The standard InChI is InChI=1S/C21H16ClF3N4O3S/c1-28(12-30)13-3-5-19(18(11-13)32-15-6-8-27-9-7-15)33-29(20(26)31)14-2-4-17(22)16(10-14)21(23,24)25/h2-12H,1H3,(H2,26,31). The number of aromatic nitrogens is 1. The smallest absolute Gasteiger partial charge is 0.417 e. The predicted octanol–water partition coefficient (Wildman–Crippen LogP) is 5.73. The molecule has 1 aromatic heterocycles. The van der Waals surface area contributed by atoms with Gasteiger partial charge in [-0.2, -0.15) is 13.2 Å². The van der Waals surface area contributed by atoms with Gasteiger partial charge < -0.3 is 15.4 Å². The Bertz CT molecular complexity index is 1170. The molecular formula is C21H16ClF3N4O3S. The summed E-state index contributed by atoms with van der Waals surface area (Å²) in [6, 6.07) is 9.85. The molecule has 0 spiro atoms. The molecule has 0 aliphatic heterocycles. The summed E-state index contributed by atoms with van der Waals surface area (Å²) < 4.78 is 46.6. The molecular weight excluding hydrogens is 481 g/mol. The van der Waals surface area contributed by atoms with E-state index in [2.05, 4.69) is 4.98 Å². The van der Waals surface area contributed by atoms with Crippen LogP contribution in [-0.2, 0) is 11.0 Å². The van der Waals surface area contributed by atoms with E-state index in [-0.39, 0.29) is 11.4 Å². The number of halogens is 4. The predicted molar refractivity (Wildman–Crippen MR) is 120 cm³/mol. The Balaban J connectivity index is 2.03. The number of hydrogen-bond acceptors (Lipinski definition) is 5. The molecule has 0 aliphatic carbocycles. The minimum Gasteiger partial charge on any atom is -0.456 e. The lowest BCUT2D eigenvalue weighted by Crippen LogP contribution is -2.30. The van der Waals surface area contributed by atoms with Crippen LogP contribution in [0.15, 0.2) is 65.8 Å². The van der Waals surface area contributed by atoms with Gasteiger partial charge in [-0.1, -0.05) is 11.6 Å². The first-order valence-electron chi connectivity index (χ1n) is 9.14. The van der Waals surface area contributed by atoms with Crippen molar-refractivity contribution in [1.82, 2.24) is 4.98 Å². The van der Waals surface area contributed by atoms with Crippen molar-refractivity contribution >= 4 is 47.4 Å². The molecule has 0 saturated carbocycles. The minimum absolute atomic E-state index is 0.131. The van der Waals surface area contributed by atoms with E-state index in [1.165, 1.54) is 30.4 Å². The lowest BCUT2D eigenvalue weighted by molar-refractivity contribution is -0.137.